The van der Waals surface area contributed by atoms with Crippen LogP contribution in [0.2, 0.25) is 0 Å². The lowest BCUT2D eigenvalue weighted by Gasteiger charge is -2.36. The van der Waals surface area contributed by atoms with Gasteiger partial charge < -0.3 is 9.84 Å². The van der Waals surface area contributed by atoms with E-state index in [9.17, 15) is 4.79 Å². The van der Waals surface area contributed by atoms with Crippen molar-refractivity contribution >= 4 is 33.3 Å². The highest BCUT2D eigenvalue weighted by Gasteiger charge is 2.26. The molecule has 1 aliphatic rings. The van der Waals surface area contributed by atoms with Gasteiger partial charge in [0.25, 0.3) is 0 Å². The van der Waals surface area contributed by atoms with Crippen molar-refractivity contribution in [2.24, 2.45) is 0 Å². The first kappa shape index (κ1) is 18.1. The van der Waals surface area contributed by atoms with Crippen molar-refractivity contribution in [2.45, 2.75) is 26.4 Å². The van der Waals surface area contributed by atoms with Crippen LogP contribution in [0.1, 0.15) is 17.7 Å². The number of thiazole rings is 1. The average Bonchev–Trinajstić information content (AvgIpc) is 3.26. The van der Waals surface area contributed by atoms with Crippen LogP contribution in [0, 0.1) is 6.92 Å². The van der Waals surface area contributed by atoms with Crippen molar-refractivity contribution in [3.8, 4) is 0 Å². The molecule has 1 amide bonds. The number of rotatable bonds is 5. The fourth-order valence-corrected chi connectivity index (χ4v) is 4.32. The molecule has 0 saturated carbocycles. The zero-order valence-corrected chi connectivity index (χ0v) is 16.3. The maximum Gasteiger partial charge on any atom is 0.242 e. The molecule has 2 aromatic heterocycles. The number of nitrogens with one attached hydrogen (secondary N) is 1. The summed E-state index contributed by atoms with van der Waals surface area (Å²) in [5.41, 5.74) is 1.07. The van der Waals surface area contributed by atoms with Gasteiger partial charge in [0, 0.05) is 32.2 Å². The van der Waals surface area contributed by atoms with E-state index in [2.05, 4.69) is 38.5 Å². The number of hydrogen-bond donors (Lipinski definition) is 1. The van der Waals surface area contributed by atoms with Crippen molar-refractivity contribution < 1.29 is 9.32 Å². The van der Waals surface area contributed by atoms with Gasteiger partial charge in [0.1, 0.15) is 10.8 Å². The Labute approximate surface area is 162 Å². The molecule has 0 aliphatic carbocycles. The molecule has 1 N–H and O–H groups in total. The predicted octanol–water partition coefficient (Wildman–Crippen LogP) is 2.74. The summed E-state index contributed by atoms with van der Waals surface area (Å²) in [7, 11) is 0. The van der Waals surface area contributed by atoms with Crippen LogP contribution in [-0.2, 0) is 11.3 Å². The van der Waals surface area contributed by atoms with E-state index in [4.69, 9.17) is 9.51 Å². The molecular weight excluding hydrogens is 362 g/mol. The lowest BCUT2D eigenvalue weighted by molar-refractivity contribution is -0.121. The molecule has 3 aromatic rings. The number of carbonyl (C=O) groups is 1. The summed E-state index contributed by atoms with van der Waals surface area (Å²) in [6, 6.07) is 9.77. The van der Waals surface area contributed by atoms with Crippen LogP contribution in [-0.4, -0.2) is 58.1 Å². The number of hydrogen-bond acceptors (Lipinski definition) is 7. The maximum absolute atomic E-state index is 12.4. The number of fused-ring (bicyclic) bond motifs is 1. The summed E-state index contributed by atoms with van der Waals surface area (Å²) in [5.74, 6) is 1.10. The molecule has 1 fully saturated rings. The highest BCUT2D eigenvalue weighted by atomic mass is 32.1. The number of carbonyl (C=O) groups excluding carboxylic acids is 1. The standard InChI is InChI=1S/C19H23N5O2S/c1-13-11-17(22-26-13)21-19(25)14(2)24-9-7-23(8-10-24)12-18-20-15-5-3-4-6-16(15)27-18/h3-6,11,14H,7-10,12H2,1-2H3,(H,21,22,25)/t14-/m0/s1. The van der Waals surface area contributed by atoms with Crippen LogP contribution < -0.4 is 5.32 Å². The molecule has 142 valence electrons. The molecule has 0 spiro atoms. The Balaban J connectivity index is 1.29. The fourth-order valence-electron chi connectivity index (χ4n) is 3.31. The van der Waals surface area contributed by atoms with Crippen molar-refractivity contribution in [1.29, 1.82) is 0 Å². The van der Waals surface area contributed by atoms with Gasteiger partial charge in [0.05, 0.1) is 22.8 Å². The Kier molecular flexibility index (Phi) is 5.20. The van der Waals surface area contributed by atoms with Crippen molar-refractivity contribution in [2.75, 3.05) is 31.5 Å². The second-order valence-corrected chi connectivity index (χ2v) is 7.99. The van der Waals surface area contributed by atoms with Crippen LogP contribution in [0.4, 0.5) is 5.82 Å². The highest BCUT2D eigenvalue weighted by molar-refractivity contribution is 7.18. The van der Waals surface area contributed by atoms with E-state index in [-0.39, 0.29) is 11.9 Å². The van der Waals surface area contributed by atoms with Gasteiger partial charge in [-0.3, -0.25) is 14.6 Å². The second-order valence-electron chi connectivity index (χ2n) is 6.88. The number of amides is 1. The summed E-state index contributed by atoms with van der Waals surface area (Å²) >= 11 is 1.76. The first-order valence-corrected chi connectivity index (χ1v) is 9.95. The number of nitrogens with zero attached hydrogens (tertiary/aromatic N) is 4. The highest BCUT2D eigenvalue weighted by Crippen LogP contribution is 2.23. The van der Waals surface area contributed by atoms with Gasteiger partial charge in [-0.2, -0.15) is 0 Å². The van der Waals surface area contributed by atoms with Crippen LogP contribution in [0.5, 0.6) is 0 Å². The molecule has 0 bridgehead atoms. The Hall–Kier alpha value is -2.29. The number of benzene rings is 1. The minimum absolute atomic E-state index is 0.0528. The van der Waals surface area contributed by atoms with Gasteiger partial charge in [0.15, 0.2) is 5.82 Å². The van der Waals surface area contributed by atoms with Gasteiger partial charge in [-0.15, -0.1) is 11.3 Å². The van der Waals surface area contributed by atoms with E-state index < -0.39 is 0 Å². The molecule has 1 atom stereocenters. The fraction of sp³-hybridized carbons (Fsp3) is 0.421. The van der Waals surface area contributed by atoms with Gasteiger partial charge >= 0.3 is 0 Å². The summed E-state index contributed by atoms with van der Waals surface area (Å²) in [5, 5.41) is 7.79. The number of aryl methyl sites for hydroxylation is 1. The maximum atomic E-state index is 12.4. The number of para-hydroxylation sites is 1. The van der Waals surface area contributed by atoms with E-state index in [0.29, 0.717) is 11.6 Å². The van der Waals surface area contributed by atoms with E-state index >= 15 is 0 Å². The minimum atomic E-state index is -0.202. The Morgan fingerprint density at radius 2 is 2.07 bits per heavy atom. The molecule has 27 heavy (non-hydrogen) atoms. The molecule has 4 rings (SSSR count). The van der Waals surface area contributed by atoms with Crippen LogP contribution >= 0.6 is 11.3 Å². The zero-order chi connectivity index (χ0) is 18.8. The molecule has 0 radical (unpaired) electrons. The van der Waals surface area contributed by atoms with Gasteiger partial charge in [-0.1, -0.05) is 17.3 Å². The molecule has 7 nitrogen and oxygen atoms in total. The van der Waals surface area contributed by atoms with Gasteiger partial charge in [0.2, 0.25) is 5.91 Å². The topological polar surface area (TPSA) is 74.5 Å². The smallest absolute Gasteiger partial charge is 0.242 e. The summed E-state index contributed by atoms with van der Waals surface area (Å²) in [4.78, 5) is 21.8. The van der Waals surface area contributed by atoms with Gasteiger partial charge in [-0.05, 0) is 26.0 Å². The molecule has 1 saturated heterocycles. The number of anilines is 1. The predicted molar refractivity (Wildman–Crippen MR) is 106 cm³/mol. The normalized spacial score (nSPS) is 17.3. The zero-order valence-electron chi connectivity index (χ0n) is 15.5. The number of aromatic nitrogens is 2. The van der Waals surface area contributed by atoms with Gasteiger partial charge in [-0.25, -0.2) is 4.98 Å². The second kappa shape index (κ2) is 7.75. The molecule has 1 aromatic carbocycles. The van der Waals surface area contributed by atoms with E-state index in [1.165, 1.54) is 4.70 Å². The van der Waals surface area contributed by atoms with Crippen LogP contribution in [0.25, 0.3) is 10.2 Å². The third kappa shape index (κ3) is 4.18. The molecule has 0 unspecified atom stereocenters. The van der Waals surface area contributed by atoms with Crippen molar-refractivity contribution in [1.82, 2.24) is 19.9 Å². The van der Waals surface area contributed by atoms with Crippen LogP contribution in [0.15, 0.2) is 34.9 Å². The molecule has 1 aliphatic heterocycles. The lowest BCUT2D eigenvalue weighted by atomic mass is 10.2. The largest absolute Gasteiger partial charge is 0.360 e. The SMILES string of the molecule is Cc1cc(NC(=O)[C@H](C)N2CCN(Cc3nc4ccccc4s3)CC2)no1. The quantitative estimate of drug-likeness (QED) is 0.728. The third-order valence-corrected chi connectivity index (χ3v) is 5.93. The van der Waals surface area contributed by atoms with Crippen molar-refractivity contribution in [3.05, 3.63) is 41.1 Å². The Bertz CT molecular complexity index is 896. The number of piperazine rings is 1. The summed E-state index contributed by atoms with van der Waals surface area (Å²) in [6.45, 7) is 8.18. The lowest BCUT2D eigenvalue weighted by Crippen LogP contribution is -2.52. The Morgan fingerprint density at radius 3 is 2.78 bits per heavy atom. The van der Waals surface area contributed by atoms with Crippen molar-refractivity contribution in [3.63, 3.8) is 0 Å². The van der Waals surface area contributed by atoms with E-state index in [1.807, 2.05) is 13.0 Å². The average molecular weight is 385 g/mol. The Morgan fingerprint density at radius 1 is 1.30 bits per heavy atom. The monoisotopic (exact) mass is 385 g/mol. The van der Waals surface area contributed by atoms with Crippen LogP contribution in [0.3, 0.4) is 0 Å². The summed E-state index contributed by atoms with van der Waals surface area (Å²) in [6.07, 6.45) is 0. The summed E-state index contributed by atoms with van der Waals surface area (Å²) < 4.78 is 6.23. The van der Waals surface area contributed by atoms with E-state index in [0.717, 1.165) is 43.2 Å². The third-order valence-electron chi connectivity index (χ3n) is 4.91. The molecule has 3 heterocycles. The molecular formula is C19H23N5O2S. The first-order valence-electron chi connectivity index (χ1n) is 9.13. The minimum Gasteiger partial charge on any atom is -0.360 e. The molecule has 8 heteroatoms. The first-order chi connectivity index (χ1) is 13.1. The van der Waals surface area contributed by atoms with E-state index in [1.54, 1.807) is 24.3 Å².